The maximum Gasteiger partial charge on any atom is 0.348 e. The molecule has 1 aromatic rings. The van der Waals surface area contributed by atoms with Gasteiger partial charge in [-0.3, -0.25) is 0 Å². The Hall–Kier alpha value is 0.190. The van der Waals surface area contributed by atoms with Gasteiger partial charge in [0.1, 0.15) is 0 Å². The molecule has 0 amide bonds. The number of aromatic nitrogens is 1. The molecule has 0 radical (unpaired) electrons. The standard InChI is InChI=1S/C8H8BrClF3NS/c9-8(12,13)7(10,11)3-1-2-6-14-4-5-15-6/h4-5H,1-3H2. The Kier molecular flexibility index (Phi) is 4.43. The molecule has 0 bridgehead atoms. The first-order valence-corrected chi connectivity index (χ1v) is 6.21. The van der Waals surface area contributed by atoms with Crippen LogP contribution in [-0.2, 0) is 6.42 Å². The highest BCUT2D eigenvalue weighted by atomic mass is 79.9. The van der Waals surface area contributed by atoms with Crippen molar-refractivity contribution in [3.63, 3.8) is 0 Å². The second-order valence-electron chi connectivity index (χ2n) is 2.98. The van der Waals surface area contributed by atoms with Crippen molar-refractivity contribution in [3.8, 4) is 0 Å². The molecule has 0 N–H and O–H groups in total. The van der Waals surface area contributed by atoms with Gasteiger partial charge in [0.15, 0.2) is 0 Å². The van der Waals surface area contributed by atoms with Crippen LogP contribution in [0.5, 0.6) is 0 Å². The van der Waals surface area contributed by atoms with Gasteiger partial charge in [-0.25, -0.2) is 9.37 Å². The third kappa shape index (κ3) is 3.92. The largest absolute Gasteiger partial charge is 0.348 e. The van der Waals surface area contributed by atoms with Crippen LogP contribution in [-0.4, -0.2) is 14.9 Å². The zero-order chi connectivity index (χ0) is 11.5. The summed E-state index contributed by atoms with van der Waals surface area (Å²) in [6.07, 6.45) is 1.88. The fourth-order valence-corrected chi connectivity index (χ4v) is 1.97. The van der Waals surface area contributed by atoms with Crippen molar-refractivity contribution in [3.05, 3.63) is 16.6 Å². The van der Waals surface area contributed by atoms with E-state index >= 15 is 0 Å². The van der Waals surface area contributed by atoms with Gasteiger partial charge in [-0.2, -0.15) is 8.78 Å². The van der Waals surface area contributed by atoms with Gasteiger partial charge in [0, 0.05) is 18.0 Å². The summed E-state index contributed by atoms with van der Waals surface area (Å²) in [4.78, 5) is 0.248. The van der Waals surface area contributed by atoms with E-state index in [1.807, 2.05) is 15.9 Å². The van der Waals surface area contributed by atoms with Crippen LogP contribution in [0.15, 0.2) is 11.6 Å². The lowest BCUT2D eigenvalue weighted by Crippen LogP contribution is -2.33. The van der Waals surface area contributed by atoms with Gasteiger partial charge in [0.05, 0.1) is 5.01 Å². The number of alkyl halides is 5. The lowest BCUT2D eigenvalue weighted by atomic mass is 10.2. The molecule has 1 heterocycles. The predicted molar refractivity (Wildman–Crippen MR) is 58.6 cm³/mol. The van der Waals surface area contributed by atoms with Crippen molar-refractivity contribution in [1.29, 1.82) is 0 Å². The van der Waals surface area contributed by atoms with Gasteiger partial charge < -0.3 is 0 Å². The Morgan fingerprint density at radius 1 is 1.47 bits per heavy atom. The molecule has 86 valence electrons. The second-order valence-corrected chi connectivity index (χ2v) is 5.56. The van der Waals surface area contributed by atoms with Crippen LogP contribution in [0.4, 0.5) is 13.2 Å². The van der Waals surface area contributed by atoms with E-state index in [4.69, 9.17) is 11.6 Å². The summed E-state index contributed by atoms with van der Waals surface area (Å²) in [6.45, 7) is 0. The molecule has 1 nitrogen and oxygen atoms in total. The highest BCUT2D eigenvalue weighted by molar-refractivity contribution is 9.10. The molecule has 0 aliphatic carbocycles. The Bertz CT molecular complexity index is 299. The number of rotatable bonds is 5. The van der Waals surface area contributed by atoms with Gasteiger partial charge in [0.2, 0.25) is 0 Å². The van der Waals surface area contributed by atoms with Crippen LogP contribution in [0.25, 0.3) is 0 Å². The zero-order valence-corrected chi connectivity index (χ0v) is 10.7. The minimum absolute atomic E-state index is 0.231. The zero-order valence-electron chi connectivity index (χ0n) is 7.52. The van der Waals surface area contributed by atoms with Crippen molar-refractivity contribution in [2.45, 2.75) is 29.2 Å². The van der Waals surface area contributed by atoms with Gasteiger partial charge in [-0.05, 0) is 28.8 Å². The lowest BCUT2D eigenvalue weighted by Gasteiger charge is -2.22. The Morgan fingerprint density at radius 3 is 2.60 bits per heavy atom. The smallest absolute Gasteiger partial charge is 0.250 e. The van der Waals surface area contributed by atoms with Crippen molar-refractivity contribution in [2.24, 2.45) is 0 Å². The number of hydrogen-bond donors (Lipinski definition) is 0. The second kappa shape index (κ2) is 5.01. The number of thiazole rings is 1. The lowest BCUT2D eigenvalue weighted by molar-refractivity contribution is -0.0104. The summed E-state index contributed by atoms with van der Waals surface area (Å²) in [7, 11) is 0. The minimum atomic E-state index is -3.70. The maximum atomic E-state index is 13.2. The topological polar surface area (TPSA) is 12.9 Å². The maximum absolute atomic E-state index is 13.2. The first-order valence-electron chi connectivity index (χ1n) is 4.16. The van der Waals surface area contributed by atoms with Crippen LogP contribution >= 0.6 is 38.9 Å². The number of halogens is 5. The van der Waals surface area contributed by atoms with E-state index in [1.165, 1.54) is 11.3 Å². The monoisotopic (exact) mass is 321 g/mol. The summed E-state index contributed by atoms with van der Waals surface area (Å²) in [5.74, 6) is 0. The molecule has 1 unspecified atom stereocenters. The summed E-state index contributed by atoms with van der Waals surface area (Å²) in [6, 6.07) is 0. The van der Waals surface area contributed by atoms with Gasteiger partial charge in [0.25, 0.3) is 5.13 Å². The predicted octanol–water partition coefficient (Wildman–Crippen LogP) is 4.36. The summed E-state index contributed by atoms with van der Waals surface area (Å²) < 4.78 is 38.3. The summed E-state index contributed by atoms with van der Waals surface area (Å²) >= 11 is 8.40. The molecular weight excluding hydrogens is 315 g/mol. The highest BCUT2D eigenvalue weighted by Gasteiger charge is 2.51. The molecule has 0 saturated heterocycles. The fraction of sp³-hybridized carbons (Fsp3) is 0.625. The molecule has 0 aliphatic heterocycles. The third-order valence-electron chi connectivity index (χ3n) is 1.78. The first kappa shape index (κ1) is 13.3. The fourth-order valence-electron chi connectivity index (χ4n) is 0.980. The Morgan fingerprint density at radius 2 is 2.13 bits per heavy atom. The van der Waals surface area contributed by atoms with Crippen molar-refractivity contribution in [1.82, 2.24) is 4.98 Å². The van der Waals surface area contributed by atoms with Crippen molar-refractivity contribution in [2.75, 3.05) is 0 Å². The molecule has 0 spiro atoms. The SMILES string of the molecule is FC(F)(Br)C(F)(Cl)CCCc1nccs1. The van der Waals surface area contributed by atoms with E-state index in [0.29, 0.717) is 6.42 Å². The average Bonchev–Trinajstić information content (AvgIpc) is 2.54. The van der Waals surface area contributed by atoms with Crippen molar-refractivity contribution >= 4 is 38.9 Å². The molecular formula is C8H8BrClF3NS. The van der Waals surface area contributed by atoms with E-state index in [1.54, 1.807) is 11.6 Å². The van der Waals surface area contributed by atoms with Gasteiger partial charge in [-0.1, -0.05) is 11.6 Å². The first-order chi connectivity index (χ1) is 6.83. The third-order valence-corrected chi connectivity index (χ3v) is 3.90. The Balaban J connectivity index is 2.37. The molecule has 1 aromatic heterocycles. The average molecular weight is 323 g/mol. The molecule has 7 heteroatoms. The van der Waals surface area contributed by atoms with E-state index in [0.717, 1.165) is 5.01 Å². The minimum Gasteiger partial charge on any atom is -0.250 e. The van der Waals surface area contributed by atoms with Crippen LogP contribution in [0.1, 0.15) is 17.8 Å². The molecule has 0 aromatic carbocycles. The molecule has 0 saturated carbocycles. The van der Waals surface area contributed by atoms with Crippen LogP contribution in [0, 0.1) is 0 Å². The van der Waals surface area contributed by atoms with E-state index in [2.05, 4.69) is 4.98 Å². The molecule has 15 heavy (non-hydrogen) atoms. The number of hydrogen-bond acceptors (Lipinski definition) is 2. The van der Waals surface area contributed by atoms with Crippen LogP contribution < -0.4 is 0 Å². The molecule has 0 aliphatic rings. The van der Waals surface area contributed by atoms with E-state index in [-0.39, 0.29) is 6.42 Å². The molecule has 1 rings (SSSR count). The van der Waals surface area contributed by atoms with E-state index < -0.39 is 16.4 Å². The molecule has 1 atom stereocenters. The van der Waals surface area contributed by atoms with Crippen LogP contribution in [0.3, 0.4) is 0 Å². The van der Waals surface area contributed by atoms with Crippen molar-refractivity contribution < 1.29 is 13.2 Å². The van der Waals surface area contributed by atoms with E-state index in [9.17, 15) is 13.2 Å². The summed E-state index contributed by atoms with van der Waals surface area (Å²) in [5.41, 5.74) is 0. The quantitative estimate of drug-likeness (QED) is 0.734. The highest BCUT2D eigenvalue weighted by Crippen LogP contribution is 2.44. The van der Waals surface area contributed by atoms with Crippen LogP contribution in [0.2, 0.25) is 0 Å². The summed E-state index contributed by atoms with van der Waals surface area (Å²) in [5, 5.41) is -0.470. The number of aryl methyl sites for hydroxylation is 1. The Labute approximate surface area is 103 Å². The normalized spacial score (nSPS) is 16.3. The van der Waals surface area contributed by atoms with Gasteiger partial charge in [-0.15, -0.1) is 11.3 Å². The number of nitrogens with zero attached hydrogens (tertiary/aromatic N) is 1. The van der Waals surface area contributed by atoms with Gasteiger partial charge >= 0.3 is 4.83 Å². The molecule has 0 fully saturated rings.